The van der Waals surface area contributed by atoms with Crippen LogP contribution < -0.4 is 0 Å². The fraction of sp³-hybridized carbons (Fsp3) is 0.750. The molecule has 1 heterocycles. The summed E-state index contributed by atoms with van der Waals surface area (Å²) >= 11 is 7.93. The molecule has 1 N–H and O–H groups in total. The van der Waals surface area contributed by atoms with Gasteiger partial charge in [0.05, 0.1) is 16.9 Å². The molecule has 1 aliphatic carbocycles. The van der Waals surface area contributed by atoms with Crippen LogP contribution in [0, 0.1) is 0 Å². The maximum Gasteiger partial charge on any atom is 0.106 e. The maximum atomic E-state index is 10.2. The van der Waals surface area contributed by atoms with E-state index in [0.717, 1.165) is 23.2 Å². The summed E-state index contributed by atoms with van der Waals surface area (Å²) in [6.07, 6.45) is 6.36. The summed E-state index contributed by atoms with van der Waals surface area (Å²) in [5.41, 5.74) is 0.764. The molecule has 3 nitrogen and oxygen atoms in total. The van der Waals surface area contributed by atoms with Crippen LogP contribution in [0.2, 0.25) is 5.02 Å². The van der Waals surface area contributed by atoms with Crippen LogP contribution in [0.5, 0.6) is 0 Å². The summed E-state index contributed by atoms with van der Waals surface area (Å²) in [6, 6.07) is 0. The Labute approximate surface area is 112 Å². The topological polar surface area (TPSA) is 38.0 Å². The molecule has 0 saturated heterocycles. The lowest BCUT2D eigenvalue weighted by Crippen LogP contribution is -2.11. The highest BCUT2D eigenvalue weighted by molar-refractivity contribution is 7.99. The van der Waals surface area contributed by atoms with E-state index < -0.39 is 6.10 Å². The molecular formula is C12H19ClN2OS. The second-order valence-corrected chi connectivity index (χ2v) is 6.19. The van der Waals surface area contributed by atoms with E-state index in [9.17, 15) is 5.11 Å². The first kappa shape index (κ1) is 13.2. The summed E-state index contributed by atoms with van der Waals surface area (Å²) in [5.74, 6) is 0.718. The van der Waals surface area contributed by atoms with Crippen molar-refractivity contribution in [3.63, 3.8) is 0 Å². The number of rotatable bonds is 5. The molecule has 5 heteroatoms. The molecule has 1 aromatic rings. The van der Waals surface area contributed by atoms with E-state index in [4.69, 9.17) is 11.6 Å². The Morgan fingerprint density at radius 1 is 1.59 bits per heavy atom. The predicted molar refractivity (Wildman–Crippen MR) is 72.6 cm³/mol. The fourth-order valence-corrected chi connectivity index (χ4v) is 3.86. The van der Waals surface area contributed by atoms with Crippen molar-refractivity contribution in [2.75, 3.05) is 5.75 Å². The van der Waals surface area contributed by atoms with E-state index in [0.29, 0.717) is 5.02 Å². The molecule has 96 valence electrons. The maximum absolute atomic E-state index is 10.2. The normalized spacial score (nSPS) is 18.8. The van der Waals surface area contributed by atoms with E-state index >= 15 is 0 Å². The zero-order valence-corrected chi connectivity index (χ0v) is 11.7. The van der Waals surface area contributed by atoms with Crippen LogP contribution in [-0.4, -0.2) is 25.9 Å². The fourth-order valence-electron chi connectivity index (χ4n) is 2.32. The first-order valence-electron chi connectivity index (χ1n) is 6.23. The number of aromatic nitrogens is 2. The zero-order valence-electron chi connectivity index (χ0n) is 10.1. The van der Waals surface area contributed by atoms with Crippen molar-refractivity contribution in [2.24, 2.45) is 0 Å². The molecular weight excluding hydrogens is 256 g/mol. The molecule has 1 unspecified atom stereocenters. The van der Waals surface area contributed by atoms with Crippen LogP contribution >= 0.6 is 23.4 Å². The van der Waals surface area contributed by atoms with Crippen LogP contribution in [0.25, 0.3) is 0 Å². The minimum absolute atomic E-state index is 0.504. The highest BCUT2D eigenvalue weighted by Gasteiger charge is 2.21. The molecule has 2 rings (SSSR count). The van der Waals surface area contributed by atoms with E-state index in [-0.39, 0.29) is 0 Å². The number of thioether (sulfide) groups is 1. The lowest BCUT2D eigenvalue weighted by molar-refractivity contribution is 0.192. The lowest BCUT2D eigenvalue weighted by Gasteiger charge is -2.15. The van der Waals surface area contributed by atoms with Crippen LogP contribution in [0.4, 0.5) is 0 Å². The van der Waals surface area contributed by atoms with Gasteiger partial charge in [0.2, 0.25) is 0 Å². The summed E-state index contributed by atoms with van der Waals surface area (Å²) < 4.78 is 1.78. The Morgan fingerprint density at radius 2 is 2.29 bits per heavy atom. The van der Waals surface area contributed by atoms with Crippen molar-refractivity contribution in [3.05, 3.63) is 16.9 Å². The van der Waals surface area contributed by atoms with Gasteiger partial charge in [-0.05, 0) is 19.8 Å². The van der Waals surface area contributed by atoms with E-state index in [1.54, 1.807) is 10.9 Å². The van der Waals surface area contributed by atoms with Gasteiger partial charge in [0.15, 0.2) is 0 Å². The number of nitrogens with zero attached hydrogens (tertiary/aromatic N) is 2. The molecule has 0 bridgehead atoms. The van der Waals surface area contributed by atoms with Crippen LogP contribution in [0.3, 0.4) is 0 Å². The lowest BCUT2D eigenvalue weighted by atomic mass is 10.3. The Hall–Kier alpha value is -0.190. The Bertz CT molecular complexity index is 363. The van der Waals surface area contributed by atoms with Crippen LogP contribution in [0.1, 0.15) is 44.4 Å². The van der Waals surface area contributed by atoms with Gasteiger partial charge in [0, 0.05) is 17.5 Å². The average Bonchev–Trinajstić information content (AvgIpc) is 2.94. The quantitative estimate of drug-likeness (QED) is 0.896. The van der Waals surface area contributed by atoms with Crippen molar-refractivity contribution in [1.29, 1.82) is 0 Å². The predicted octanol–water partition coefficient (Wildman–Crippen LogP) is 3.27. The van der Waals surface area contributed by atoms with Gasteiger partial charge >= 0.3 is 0 Å². The minimum atomic E-state index is -0.504. The van der Waals surface area contributed by atoms with Gasteiger partial charge in [-0.25, -0.2) is 0 Å². The second-order valence-electron chi connectivity index (χ2n) is 4.45. The molecule has 1 fully saturated rings. The average molecular weight is 275 g/mol. The molecule has 0 aromatic carbocycles. The molecule has 1 saturated carbocycles. The van der Waals surface area contributed by atoms with Gasteiger partial charge in [0.1, 0.15) is 6.10 Å². The van der Waals surface area contributed by atoms with Crippen LogP contribution in [-0.2, 0) is 6.54 Å². The highest BCUT2D eigenvalue weighted by Crippen LogP contribution is 2.33. The van der Waals surface area contributed by atoms with Gasteiger partial charge in [0.25, 0.3) is 0 Å². The van der Waals surface area contributed by atoms with Gasteiger partial charge in [-0.2, -0.15) is 16.9 Å². The van der Waals surface area contributed by atoms with Gasteiger partial charge in [-0.3, -0.25) is 4.68 Å². The summed E-state index contributed by atoms with van der Waals surface area (Å²) in [7, 11) is 0. The molecule has 0 spiro atoms. The minimum Gasteiger partial charge on any atom is -0.386 e. The Morgan fingerprint density at radius 3 is 2.94 bits per heavy atom. The zero-order chi connectivity index (χ0) is 12.3. The number of hydrogen-bond donors (Lipinski definition) is 1. The van der Waals surface area contributed by atoms with Gasteiger partial charge in [-0.15, -0.1) is 0 Å². The van der Waals surface area contributed by atoms with Crippen molar-refractivity contribution < 1.29 is 5.11 Å². The highest BCUT2D eigenvalue weighted by atomic mass is 35.5. The molecule has 0 radical (unpaired) electrons. The summed E-state index contributed by atoms with van der Waals surface area (Å²) in [6.45, 7) is 2.75. The smallest absolute Gasteiger partial charge is 0.106 e. The van der Waals surface area contributed by atoms with E-state index in [2.05, 4.69) is 5.10 Å². The SMILES string of the molecule is CCn1ncc(Cl)c1C(O)CSC1CCCC1. The molecule has 1 aromatic heterocycles. The number of aryl methyl sites for hydroxylation is 1. The molecule has 1 aliphatic rings. The van der Waals surface area contributed by atoms with E-state index in [1.807, 2.05) is 18.7 Å². The third kappa shape index (κ3) is 3.18. The number of aliphatic hydroxyl groups is 1. The van der Waals surface area contributed by atoms with Crippen molar-refractivity contribution in [2.45, 2.75) is 50.5 Å². The van der Waals surface area contributed by atoms with Crippen molar-refractivity contribution in [3.8, 4) is 0 Å². The summed E-state index contributed by atoms with van der Waals surface area (Å²) in [5, 5.41) is 15.6. The first-order valence-corrected chi connectivity index (χ1v) is 7.66. The standard InChI is InChI=1S/C12H19ClN2OS/c1-2-15-12(10(13)7-14-15)11(16)8-17-9-5-3-4-6-9/h7,9,11,16H,2-6,8H2,1H3. The largest absolute Gasteiger partial charge is 0.386 e. The number of hydrogen-bond acceptors (Lipinski definition) is 3. The van der Waals surface area contributed by atoms with Gasteiger partial charge in [-0.1, -0.05) is 24.4 Å². The molecule has 0 amide bonds. The monoisotopic (exact) mass is 274 g/mol. The molecule has 0 aliphatic heterocycles. The first-order chi connectivity index (χ1) is 8.22. The van der Waals surface area contributed by atoms with Gasteiger partial charge < -0.3 is 5.11 Å². The molecule has 17 heavy (non-hydrogen) atoms. The number of aliphatic hydroxyl groups excluding tert-OH is 1. The summed E-state index contributed by atoms with van der Waals surface area (Å²) in [4.78, 5) is 0. The second kappa shape index (κ2) is 6.12. The molecule has 1 atom stereocenters. The Balaban J connectivity index is 1.93. The third-order valence-corrected chi connectivity index (χ3v) is 4.98. The third-order valence-electron chi connectivity index (χ3n) is 3.24. The van der Waals surface area contributed by atoms with Crippen molar-refractivity contribution in [1.82, 2.24) is 9.78 Å². The number of halogens is 1. The van der Waals surface area contributed by atoms with E-state index in [1.165, 1.54) is 25.7 Å². The van der Waals surface area contributed by atoms with Crippen LogP contribution in [0.15, 0.2) is 6.20 Å². The Kier molecular flexibility index (Phi) is 4.77. The van der Waals surface area contributed by atoms with Crippen molar-refractivity contribution >= 4 is 23.4 Å².